The Morgan fingerprint density at radius 3 is 1.46 bits per heavy atom. The molecule has 12 rings (SSSR count). The second kappa shape index (κ2) is 15.5. The predicted octanol–water partition coefficient (Wildman–Crippen LogP) is 17.3. The lowest BCUT2D eigenvalue weighted by Crippen LogP contribution is -2.09. The molecule has 2 aromatic heterocycles. The number of benzene rings is 10. The average Bonchev–Trinajstić information content (AvgIpc) is 4.16. The Kier molecular flexibility index (Phi) is 6.01. The van der Waals surface area contributed by atoms with Gasteiger partial charge in [0, 0.05) is 53.7 Å². The van der Waals surface area contributed by atoms with Crippen LogP contribution < -0.4 is 4.90 Å². The molecule has 0 radical (unpaired) electrons. The van der Waals surface area contributed by atoms with Gasteiger partial charge in [-0.3, -0.25) is 0 Å². The molecule has 0 saturated carbocycles. The van der Waals surface area contributed by atoms with Crippen LogP contribution in [-0.2, 0) is 0 Å². The molecule has 3 heteroatoms. The number of nitrogens with zero attached hydrogens (tertiary/aromatic N) is 2. The number of aromatic nitrogens is 1. The van der Waals surface area contributed by atoms with Crippen LogP contribution in [0.5, 0.6) is 0 Å². The minimum absolute atomic E-state index is 0.0390. The van der Waals surface area contributed by atoms with Gasteiger partial charge in [-0.25, -0.2) is 0 Å². The summed E-state index contributed by atoms with van der Waals surface area (Å²) < 4.78 is 138. The molecular formula is C60H40N2S. The Labute approximate surface area is 391 Å². The van der Waals surface area contributed by atoms with Crippen LogP contribution in [0.15, 0.2) is 242 Å². The van der Waals surface area contributed by atoms with Crippen molar-refractivity contribution >= 4 is 70.4 Å². The van der Waals surface area contributed by atoms with Crippen LogP contribution >= 0.6 is 11.3 Å². The quantitative estimate of drug-likeness (QED) is 0.148. The number of hydrogen-bond acceptors (Lipinski definition) is 2. The van der Waals surface area contributed by atoms with E-state index >= 15 is 0 Å². The molecule has 63 heavy (non-hydrogen) atoms. The van der Waals surface area contributed by atoms with Crippen molar-refractivity contribution in [1.29, 1.82) is 0 Å². The molecule has 0 N–H and O–H groups in total. The molecule has 0 fully saturated rings. The Bertz CT molecular complexity index is 4390. The molecule has 0 aliphatic carbocycles. The number of rotatable bonds is 8. The van der Waals surface area contributed by atoms with E-state index in [1.54, 1.807) is 4.90 Å². The van der Waals surface area contributed by atoms with Crippen LogP contribution in [0, 0.1) is 0 Å². The zero-order chi connectivity index (χ0) is 54.7. The number of hydrogen-bond donors (Lipinski definition) is 0. The van der Waals surface area contributed by atoms with Gasteiger partial charge in [0.15, 0.2) is 0 Å². The zero-order valence-corrected chi connectivity index (χ0v) is 34.1. The lowest BCUT2D eigenvalue weighted by atomic mass is 10.00. The first kappa shape index (κ1) is 24.5. The van der Waals surface area contributed by atoms with Gasteiger partial charge in [0.05, 0.1) is 31.6 Å². The Morgan fingerprint density at radius 2 is 0.857 bits per heavy atom. The third-order valence-corrected chi connectivity index (χ3v) is 12.5. The first-order chi connectivity index (χ1) is 37.5. The van der Waals surface area contributed by atoms with E-state index in [4.69, 9.17) is 13.7 Å². The molecule has 0 atom stereocenters. The van der Waals surface area contributed by atoms with Gasteiger partial charge in [-0.1, -0.05) is 182 Å². The average molecular weight is 836 g/mol. The lowest BCUT2D eigenvalue weighted by Gasteiger charge is -2.26. The SMILES string of the molecule is [2H]c1c([2H])c([2H])c(-c2c([2H])c([2H])c([2H])c3c2sc2c(-c4c([2H])c([2H])c(N(c5ccc(-c6ccccc6)cc5)c5ccc(-c6cccc(-n7c8ccccc8c8ccccc87)c6)cc5)c([2H])c4[2H])c([2H])c([2H])c([2H])c23)c([2H])c1[2H]. The molecule has 0 unspecified atom stereocenters. The zero-order valence-electron chi connectivity index (χ0n) is 48.2. The van der Waals surface area contributed by atoms with Crippen molar-refractivity contribution in [2.45, 2.75) is 0 Å². The summed E-state index contributed by atoms with van der Waals surface area (Å²) in [5.74, 6) is 0. The van der Waals surface area contributed by atoms with E-state index in [0.29, 0.717) is 11.4 Å². The fraction of sp³-hybridized carbons (Fsp3) is 0. The first-order valence-electron chi connectivity index (χ1n) is 27.8. The maximum absolute atomic E-state index is 9.79. The summed E-state index contributed by atoms with van der Waals surface area (Å²) in [6, 6.07) is 40.3. The van der Waals surface area contributed by atoms with Crippen molar-refractivity contribution in [3.8, 4) is 50.2 Å². The van der Waals surface area contributed by atoms with Gasteiger partial charge in [-0.2, -0.15) is 0 Å². The minimum atomic E-state index is -0.702. The highest BCUT2D eigenvalue weighted by Gasteiger charge is 2.18. The number of thiophene rings is 1. The maximum Gasteiger partial charge on any atom is 0.0645 e. The summed E-state index contributed by atoms with van der Waals surface area (Å²) in [5, 5.41) is 1.97. The number of anilines is 3. The molecule has 296 valence electrons. The Balaban J connectivity index is 1.04. The van der Waals surface area contributed by atoms with Crippen molar-refractivity contribution in [3.05, 3.63) is 242 Å². The second-order valence-corrected chi connectivity index (χ2v) is 16.0. The fourth-order valence-electron chi connectivity index (χ4n) is 8.39. The number of para-hydroxylation sites is 2. The van der Waals surface area contributed by atoms with E-state index in [1.165, 1.54) is 0 Å². The Hall–Kier alpha value is -7.98. The highest BCUT2D eigenvalue weighted by Crippen LogP contribution is 2.45. The van der Waals surface area contributed by atoms with Gasteiger partial charge in [-0.15, -0.1) is 11.3 Å². The van der Waals surface area contributed by atoms with E-state index in [-0.39, 0.29) is 42.6 Å². The highest BCUT2D eigenvalue weighted by atomic mass is 32.1. The largest absolute Gasteiger partial charge is 0.311 e. The molecule has 2 heterocycles. The molecule has 0 aliphatic heterocycles. The Morgan fingerprint density at radius 1 is 0.349 bits per heavy atom. The predicted molar refractivity (Wildman–Crippen MR) is 270 cm³/mol. The summed E-state index contributed by atoms with van der Waals surface area (Å²) in [6.07, 6.45) is 0. The molecule has 2 nitrogen and oxygen atoms in total. The van der Waals surface area contributed by atoms with Crippen molar-refractivity contribution in [2.75, 3.05) is 4.90 Å². The van der Waals surface area contributed by atoms with Crippen LogP contribution in [0.2, 0.25) is 0 Å². The van der Waals surface area contributed by atoms with Crippen LogP contribution in [0.3, 0.4) is 0 Å². The number of fused-ring (bicyclic) bond motifs is 6. The molecule has 0 spiro atoms. The lowest BCUT2D eigenvalue weighted by molar-refractivity contribution is 1.18. The van der Waals surface area contributed by atoms with Crippen LogP contribution in [0.25, 0.3) is 92.2 Å². The van der Waals surface area contributed by atoms with E-state index < -0.39 is 96.2 Å². The van der Waals surface area contributed by atoms with Crippen molar-refractivity contribution in [3.63, 3.8) is 0 Å². The van der Waals surface area contributed by atoms with Crippen LogP contribution in [0.1, 0.15) is 20.6 Å². The van der Waals surface area contributed by atoms with Gasteiger partial charge in [0.2, 0.25) is 0 Å². The standard InChI is InChI=1S/C60H40N2S/c1-3-14-41(15-4-1)42-28-34-47(35-29-42)61(48-36-30-43(31-37-48)46-18-11-19-50(40-46)62-57-26-9-7-20-53(57)54-21-8-10-27-58(54)62)49-38-32-45(33-39-49)52-23-13-25-56-55-24-12-22-51(59(55)63-60(52)56)44-16-5-2-6-17-44/h1-40H/i2D,5D,6D,12D,13D,16D,17D,22D,23D,24D,25D,32D,33D,38D,39D. The first-order valence-corrected chi connectivity index (χ1v) is 21.1. The van der Waals surface area contributed by atoms with Gasteiger partial charge in [-0.05, 0) is 105 Å². The van der Waals surface area contributed by atoms with E-state index in [0.717, 1.165) is 61.1 Å². The molecule has 0 saturated heterocycles. The van der Waals surface area contributed by atoms with E-state index in [1.807, 2.05) is 115 Å². The fourth-order valence-corrected chi connectivity index (χ4v) is 9.61. The maximum atomic E-state index is 9.79. The summed E-state index contributed by atoms with van der Waals surface area (Å²) >= 11 is 0.761. The van der Waals surface area contributed by atoms with Gasteiger partial charge in [0.1, 0.15) is 0 Å². The van der Waals surface area contributed by atoms with Crippen molar-refractivity contribution in [2.24, 2.45) is 0 Å². The molecule has 12 aromatic rings. The van der Waals surface area contributed by atoms with Crippen LogP contribution in [0.4, 0.5) is 17.1 Å². The monoisotopic (exact) mass is 835 g/mol. The third kappa shape index (κ3) is 6.50. The molecular weight excluding hydrogens is 781 g/mol. The molecule has 10 aromatic carbocycles. The highest BCUT2D eigenvalue weighted by molar-refractivity contribution is 7.26. The van der Waals surface area contributed by atoms with Gasteiger partial charge < -0.3 is 9.47 Å². The van der Waals surface area contributed by atoms with Crippen molar-refractivity contribution in [1.82, 2.24) is 4.57 Å². The smallest absolute Gasteiger partial charge is 0.0645 e. The minimum Gasteiger partial charge on any atom is -0.311 e. The normalized spacial score (nSPS) is 14.8. The van der Waals surface area contributed by atoms with Gasteiger partial charge >= 0.3 is 0 Å². The summed E-state index contributed by atoms with van der Waals surface area (Å²) in [4.78, 5) is 1.64. The summed E-state index contributed by atoms with van der Waals surface area (Å²) in [7, 11) is 0. The molecule has 0 aliphatic rings. The summed E-state index contributed by atoms with van der Waals surface area (Å²) in [5.41, 5.74) is 6.27. The topological polar surface area (TPSA) is 8.17 Å². The van der Waals surface area contributed by atoms with Crippen LogP contribution in [-0.4, -0.2) is 4.57 Å². The third-order valence-electron chi connectivity index (χ3n) is 11.3. The molecule has 0 bridgehead atoms. The second-order valence-electron chi connectivity index (χ2n) is 14.9. The van der Waals surface area contributed by atoms with E-state index in [9.17, 15) is 6.85 Å². The van der Waals surface area contributed by atoms with Gasteiger partial charge in [0.25, 0.3) is 0 Å². The van der Waals surface area contributed by atoms with Crippen molar-refractivity contribution < 1.29 is 20.6 Å². The van der Waals surface area contributed by atoms with E-state index in [2.05, 4.69) is 41.0 Å². The molecule has 0 amide bonds. The summed E-state index contributed by atoms with van der Waals surface area (Å²) in [6.45, 7) is 0.